The first-order valence-corrected chi connectivity index (χ1v) is 3.24. The van der Waals surface area contributed by atoms with Gasteiger partial charge in [-0.1, -0.05) is 0 Å². The molecule has 0 bridgehead atoms. The zero-order chi connectivity index (χ0) is 6.69. The van der Waals surface area contributed by atoms with Crippen molar-refractivity contribution in [2.45, 2.75) is 19.1 Å². The summed E-state index contributed by atoms with van der Waals surface area (Å²) in [6, 6.07) is 0.382. The first kappa shape index (κ1) is 6.96. The van der Waals surface area contributed by atoms with Gasteiger partial charge >= 0.3 is 0 Å². The van der Waals surface area contributed by atoms with Crippen LogP contribution >= 0.6 is 0 Å². The van der Waals surface area contributed by atoms with Gasteiger partial charge in [0.05, 0.1) is 12.7 Å². The first-order chi connectivity index (χ1) is 4.33. The largest absolute Gasteiger partial charge is 0.373 e. The van der Waals surface area contributed by atoms with E-state index < -0.39 is 0 Å². The highest BCUT2D eigenvalue weighted by atomic mass is 19.1. The molecule has 1 fully saturated rings. The molecular weight excluding hydrogens is 121 g/mol. The minimum Gasteiger partial charge on any atom is -0.373 e. The van der Waals surface area contributed by atoms with Crippen molar-refractivity contribution >= 4 is 0 Å². The van der Waals surface area contributed by atoms with Crippen LogP contribution in [0.1, 0.15) is 6.92 Å². The molecule has 0 aromatic carbocycles. The lowest BCUT2D eigenvalue weighted by Crippen LogP contribution is -2.45. The molecule has 1 saturated heterocycles. The maximum absolute atomic E-state index is 11.8. The van der Waals surface area contributed by atoms with Crippen LogP contribution in [0.15, 0.2) is 0 Å². The van der Waals surface area contributed by atoms with Crippen LogP contribution in [0.25, 0.3) is 0 Å². The summed E-state index contributed by atoms with van der Waals surface area (Å²) in [5, 5.41) is 3.12. The molecule has 1 aliphatic heterocycles. The maximum atomic E-state index is 11.8. The van der Waals surface area contributed by atoms with Gasteiger partial charge in [0.15, 0.2) is 0 Å². The number of rotatable bonds is 1. The molecule has 0 unspecified atom stereocenters. The minimum atomic E-state index is -0.375. The summed E-state index contributed by atoms with van der Waals surface area (Å²) in [6.07, 6.45) is -0.207. The van der Waals surface area contributed by atoms with Gasteiger partial charge < -0.3 is 10.1 Å². The first-order valence-electron chi connectivity index (χ1n) is 3.24. The van der Waals surface area contributed by atoms with Gasteiger partial charge in [-0.25, -0.2) is 4.39 Å². The molecule has 0 aromatic rings. The smallest absolute Gasteiger partial charge is 0.117 e. The summed E-state index contributed by atoms with van der Waals surface area (Å²) >= 11 is 0. The third-order valence-corrected chi connectivity index (χ3v) is 1.45. The molecule has 1 rings (SSSR count). The van der Waals surface area contributed by atoms with Gasteiger partial charge in [-0.3, -0.25) is 0 Å². The number of halogens is 1. The Morgan fingerprint density at radius 1 is 1.78 bits per heavy atom. The van der Waals surface area contributed by atoms with E-state index in [0.29, 0.717) is 19.2 Å². The molecule has 1 N–H and O–H groups in total. The van der Waals surface area contributed by atoms with E-state index in [1.54, 1.807) is 0 Å². The Bertz CT molecular complexity index is 81.1. The van der Waals surface area contributed by atoms with Gasteiger partial charge in [-0.2, -0.15) is 0 Å². The summed E-state index contributed by atoms with van der Waals surface area (Å²) in [7, 11) is 0. The highest BCUT2D eigenvalue weighted by Crippen LogP contribution is 2.00. The number of alkyl halides is 1. The average Bonchev–Trinajstić information content (AvgIpc) is 1.90. The van der Waals surface area contributed by atoms with Gasteiger partial charge in [-0.05, 0) is 6.92 Å². The van der Waals surface area contributed by atoms with Crippen molar-refractivity contribution in [2.75, 3.05) is 19.8 Å². The molecule has 54 valence electrons. The van der Waals surface area contributed by atoms with Crippen LogP contribution in [0.3, 0.4) is 0 Å². The fraction of sp³-hybridized carbons (Fsp3) is 1.00. The molecule has 0 saturated carbocycles. The average molecular weight is 133 g/mol. The SMILES string of the molecule is C[C@H]1CO[C@@H](CF)CN1. The molecule has 1 heterocycles. The number of nitrogens with one attached hydrogen (secondary N) is 1. The normalized spacial score (nSPS) is 36.7. The summed E-state index contributed by atoms with van der Waals surface area (Å²) in [5.41, 5.74) is 0. The van der Waals surface area contributed by atoms with Crippen molar-refractivity contribution in [1.29, 1.82) is 0 Å². The number of ether oxygens (including phenoxy) is 1. The molecule has 1 aliphatic rings. The van der Waals surface area contributed by atoms with Crippen molar-refractivity contribution in [2.24, 2.45) is 0 Å². The second-order valence-electron chi connectivity index (χ2n) is 2.42. The Morgan fingerprint density at radius 3 is 3.00 bits per heavy atom. The minimum absolute atomic E-state index is 0.207. The molecule has 0 aliphatic carbocycles. The van der Waals surface area contributed by atoms with Crippen LogP contribution in [-0.2, 0) is 4.74 Å². The summed E-state index contributed by atoms with van der Waals surface area (Å²) < 4.78 is 16.9. The summed E-state index contributed by atoms with van der Waals surface area (Å²) in [6.45, 7) is 2.93. The number of hydrogen-bond acceptors (Lipinski definition) is 2. The summed E-state index contributed by atoms with van der Waals surface area (Å²) in [4.78, 5) is 0. The topological polar surface area (TPSA) is 21.3 Å². The monoisotopic (exact) mass is 133 g/mol. The molecule has 3 heteroatoms. The summed E-state index contributed by atoms with van der Waals surface area (Å²) in [5.74, 6) is 0. The predicted octanol–water partition coefficient (Wildman–Crippen LogP) is 0.333. The third-order valence-electron chi connectivity index (χ3n) is 1.45. The van der Waals surface area contributed by atoms with E-state index in [9.17, 15) is 4.39 Å². The van der Waals surface area contributed by atoms with Crippen LogP contribution in [0.2, 0.25) is 0 Å². The van der Waals surface area contributed by atoms with Gasteiger partial charge in [0.2, 0.25) is 0 Å². The molecule has 0 amide bonds. The van der Waals surface area contributed by atoms with Crippen LogP contribution in [0.5, 0.6) is 0 Å². The molecule has 0 radical (unpaired) electrons. The lowest BCUT2D eigenvalue weighted by Gasteiger charge is -2.26. The molecule has 9 heavy (non-hydrogen) atoms. The standard InChI is InChI=1S/C6H12FNO/c1-5-4-9-6(2-7)3-8-5/h5-6,8H,2-4H2,1H3/t5-,6-/m0/s1. The van der Waals surface area contributed by atoms with Gasteiger partial charge in [-0.15, -0.1) is 0 Å². The fourth-order valence-corrected chi connectivity index (χ4v) is 0.830. The van der Waals surface area contributed by atoms with Gasteiger partial charge in [0, 0.05) is 12.6 Å². The zero-order valence-electron chi connectivity index (χ0n) is 5.56. The molecule has 0 spiro atoms. The molecule has 0 aromatic heterocycles. The van der Waals surface area contributed by atoms with Crippen LogP contribution < -0.4 is 5.32 Å². The third kappa shape index (κ3) is 1.91. The molecule has 2 atom stereocenters. The van der Waals surface area contributed by atoms with Crippen LogP contribution in [0, 0.1) is 0 Å². The van der Waals surface area contributed by atoms with E-state index in [0.717, 1.165) is 0 Å². The lowest BCUT2D eigenvalue weighted by molar-refractivity contribution is -0.00473. The second kappa shape index (κ2) is 3.13. The maximum Gasteiger partial charge on any atom is 0.117 e. The molecular formula is C6H12FNO. The van der Waals surface area contributed by atoms with Crippen LogP contribution in [-0.4, -0.2) is 32.0 Å². The van der Waals surface area contributed by atoms with Crippen LogP contribution in [0.4, 0.5) is 4.39 Å². The highest BCUT2D eigenvalue weighted by Gasteiger charge is 2.16. The highest BCUT2D eigenvalue weighted by molar-refractivity contribution is 4.71. The van der Waals surface area contributed by atoms with E-state index in [1.807, 2.05) is 6.92 Å². The fourth-order valence-electron chi connectivity index (χ4n) is 0.830. The van der Waals surface area contributed by atoms with E-state index in [4.69, 9.17) is 4.74 Å². The van der Waals surface area contributed by atoms with E-state index in [1.165, 1.54) is 0 Å². The van der Waals surface area contributed by atoms with Crippen molar-refractivity contribution in [3.05, 3.63) is 0 Å². The Kier molecular flexibility index (Phi) is 2.42. The van der Waals surface area contributed by atoms with Crippen molar-refractivity contribution in [3.8, 4) is 0 Å². The lowest BCUT2D eigenvalue weighted by atomic mass is 10.2. The quantitative estimate of drug-likeness (QED) is 0.556. The molecule has 2 nitrogen and oxygen atoms in total. The van der Waals surface area contributed by atoms with Crippen molar-refractivity contribution in [3.63, 3.8) is 0 Å². The van der Waals surface area contributed by atoms with E-state index in [2.05, 4.69) is 5.32 Å². The Balaban J connectivity index is 2.18. The second-order valence-corrected chi connectivity index (χ2v) is 2.42. The van der Waals surface area contributed by atoms with Gasteiger partial charge in [0.25, 0.3) is 0 Å². The zero-order valence-corrected chi connectivity index (χ0v) is 5.56. The number of hydrogen-bond donors (Lipinski definition) is 1. The predicted molar refractivity (Wildman–Crippen MR) is 33.2 cm³/mol. The van der Waals surface area contributed by atoms with E-state index in [-0.39, 0.29) is 12.8 Å². The Hall–Kier alpha value is -0.150. The van der Waals surface area contributed by atoms with Gasteiger partial charge in [0.1, 0.15) is 6.67 Å². The van der Waals surface area contributed by atoms with E-state index >= 15 is 0 Å². The Labute approximate surface area is 54.4 Å². The van der Waals surface area contributed by atoms with Crippen molar-refractivity contribution in [1.82, 2.24) is 5.32 Å². The van der Waals surface area contributed by atoms with Crippen molar-refractivity contribution < 1.29 is 9.13 Å². The number of morpholine rings is 1. The Morgan fingerprint density at radius 2 is 2.56 bits per heavy atom.